The number of halogens is 2. The summed E-state index contributed by atoms with van der Waals surface area (Å²) in [6.07, 6.45) is 2.05. The van der Waals surface area contributed by atoms with Gasteiger partial charge in [0, 0.05) is 9.50 Å². The zero-order valence-corrected chi connectivity index (χ0v) is 14.8. The van der Waals surface area contributed by atoms with Crippen LogP contribution in [0, 0.1) is 12.8 Å². The third kappa shape index (κ3) is 5.14. The van der Waals surface area contributed by atoms with Crippen LogP contribution in [0.1, 0.15) is 16.7 Å². The molecule has 112 valence electrons. The molecule has 0 amide bonds. The summed E-state index contributed by atoms with van der Waals surface area (Å²) in [5.74, 6) is 0.538. The summed E-state index contributed by atoms with van der Waals surface area (Å²) in [7, 11) is 2.01. The highest BCUT2D eigenvalue weighted by molar-refractivity contribution is 9.10. The fraction of sp³-hybridized carbons (Fsp3) is 0.333. The smallest absolute Gasteiger partial charge is 0.0449 e. The van der Waals surface area contributed by atoms with E-state index in [0.29, 0.717) is 5.92 Å². The Hall–Kier alpha value is -0.830. The zero-order valence-electron chi connectivity index (χ0n) is 12.5. The predicted molar refractivity (Wildman–Crippen MR) is 95.2 cm³/mol. The van der Waals surface area contributed by atoms with Crippen LogP contribution >= 0.6 is 27.5 Å². The van der Waals surface area contributed by atoms with Crippen molar-refractivity contribution >= 4 is 27.5 Å². The molecule has 21 heavy (non-hydrogen) atoms. The summed E-state index contributed by atoms with van der Waals surface area (Å²) in [5.41, 5.74) is 3.90. The van der Waals surface area contributed by atoms with E-state index in [-0.39, 0.29) is 0 Å². The molecule has 2 rings (SSSR count). The molecule has 1 atom stereocenters. The molecule has 0 aliphatic carbocycles. The number of hydrogen-bond donors (Lipinski definition) is 1. The molecule has 1 N–H and O–H groups in total. The molecule has 3 heteroatoms. The molecule has 0 fully saturated rings. The molecule has 1 nitrogen and oxygen atoms in total. The van der Waals surface area contributed by atoms with Crippen LogP contribution in [-0.2, 0) is 12.8 Å². The first-order valence-corrected chi connectivity index (χ1v) is 8.39. The lowest BCUT2D eigenvalue weighted by molar-refractivity contribution is 0.493. The second-order valence-corrected chi connectivity index (χ2v) is 6.88. The molecule has 1 unspecified atom stereocenters. The molecule has 0 radical (unpaired) electrons. The first kappa shape index (κ1) is 16.5. The largest absolute Gasteiger partial charge is 0.319 e. The molecule has 0 saturated heterocycles. The summed E-state index contributed by atoms with van der Waals surface area (Å²) in [5, 5.41) is 4.14. The zero-order chi connectivity index (χ0) is 15.2. The van der Waals surface area contributed by atoms with Gasteiger partial charge in [-0.15, -0.1) is 0 Å². The molecule has 0 aliphatic rings. The Morgan fingerprint density at radius 1 is 1.10 bits per heavy atom. The summed E-state index contributed by atoms with van der Waals surface area (Å²) >= 11 is 9.80. The van der Waals surface area contributed by atoms with Crippen LogP contribution in [0.25, 0.3) is 0 Å². The topological polar surface area (TPSA) is 12.0 Å². The highest BCUT2D eigenvalue weighted by Crippen LogP contribution is 2.25. The Kier molecular flexibility index (Phi) is 6.28. The van der Waals surface area contributed by atoms with Crippen LogP contribution in [0.5, 0.6) is 0 Å². The van der Waals surface area contributed by atoms with Crippen molar-refractivity contribution in [3.63, 3.8) is 0 Å². The van der Waals surface area contributed by atoms with Crippen molar-refractivity contribution < 1.29 is 0 Å². The van der Waals surface area contributed by atoms with Crippen molar-refractivity contribution in [2.75, 3.05) is 13.6 Å². The maximum absolute atomic E-state index is 6.35. The third-order valence-electron chi connectivity index (χ3n) is 3.66. The predicted octanol–water partition coefficient (Wildman–Crippen LogP) is 5.03. The van der Waals surface area contributed by atoms with Crippen LogP contribution in [0.3, 0.4) is 0 Å². The van der Waals surface area contributed by atoms with Crippen molar-refractivity contribution in [2.24, 2.45) is 5.92 Å². The van der Waals surface area contributed by atoms with Gasteiger partial charge in [0.05, 0.1) is 0 Å². The summed E-state index contributed by atoms with van der Waals surface area (Å²) in [6, 6.07) is 15.0. The van der Waals surface area contributed by atoms with Crippen LogP contribution in [0.4, 0.5) is 0 Å². The monoisotopic (exact) mass is 365 g/mol. The molecule has 0 aliphatic heterocycles. The average Bonchev–Trinajstić information content (AvgIpc) is 2.44. The van der Waals surface area contributed by atoms with E-state index in [1.165, 1.54) is 16.7 Å². The Bertz CT molecular complexity index is 580. The van der Waals surface area contributed by atoms with E-state index in [1.54, 1.807) is 0 Å². The number of nitrogens with one attached hydrogen (secondary N) is 1. The maximum Gasteiger partial charge on any atom is 0.0449 e. The standard InChI is InChI=1S/C18H21BrClN/c1-13-3-5-14(6-4-13)9-15(12-21-2)10-16-7-8-17(19)11-18(16)20/h3-8,11,15,21H,9-10,12H2,1-2H3. The van der Waals surface area contributed by atoms with Gasteiger partial charge in [-0.2, -0.15) is 0 Å². The van der Waals surface area contributed by atoms with Crippen LogP contribution in [0.2, 0.25) is 5.02 Å². The lowest BCUT2D eigenvalue weighted by atomic mass is 9.92. The average molecular weight is 367 g/mol. The number of hydrogen-bond acceptors (Lipinski definition) is 1. The number of aryl methyl sites for hydroxylation is 1. The highest BCUT2D eigenvalue weighted by atomic mass is 79.9. The molecular formula is C18H21BrClN. The summed E-state index contributed by atoms with van der Waals surface area (Å²) < 4.78 is 1.03. The molecule has 2 aromatic rings. The van der Waals surface area contributed by atoms with Gasteiger partial charge in [0.2, 0.25) is 0 Å². The van der Waals surface area contributed by atoms with E-state index in [1.807, 2.05) is 13.1 Å². The first-order valence-electron chi connectivity index (χ1n) is 7.22. The maximum atomic E-state index is 6.35. The molecule has 0 bridgehead atoms. The molecule has 0 aromatic heterocycles. The summed E-state index contributed by atoms with van der Waals surface area (Å²) in [4.78, 5) is 0. The first-order chi connectivity index (χ1) is 10.1. The van der Waals surface area contributed by atoms with E-state index in [4.69, 9.17) is 11.6 Å². The Balaban J connectivity index is 2.09. The number of rotatable bonds is 6. The molecule has 0 spiro atoms. The minimum Gasteiger partial charge on any atom is -0.319 e. The summed E-state index contributed by atoms with van der Waals surface area (Å²) in [6.45, 7) is 3.11. The second-order valence-electron chi connectivity index (χ2n) is 5.55. The van der Waals surface area contributed by atoms with E-state index in [0.717, 1.165) is 28.9 Å². The minimum atomic E-state index is 0.538. The van der Waals surface area contributed by atoms with Gasteiger partial charge < -0.3 is 5.32 Å². The SMILES string of the molecule is CNCC(Cc1ccc(C)cc1)Cc1ccc(Br)cc1Cl. The molecule has 2 aromatic carbocycles. The second kappa shape index (κ2) is 7.98. The fourth-order valence-electron chi connectivity index (χ4n) is 2.56. The van der Waals surface area contributed by atoms with Gasteiger partial charge in [0.15, 0.2) is 0 Å². The van der Waals surface area contributed by atoms with Crippen LogP contribution in [0.15, 0.2) is 46.9 Å². The van der Waals surface area contributed by atoms with Crippen LogP contribution in [-0.4, -0.2) is 13.6 Å². The van der Waals surface area contributed by atoms with E-state index >= 15 is 0 Å². The van der Waals surface area contributed by atoms with Gasteiger partial charge in [-0.1, -0.05) is 63.4 Å². The van der Waals surface area contributed by atoms with E-state index in [2.05, 4.69) is 64.6 Å². The van der Waals surface area contributed by atoms with Crippen molar-refractivity contribution in [3.8, 4) is 0 Å². The fourth-order valence-corrected chi connectivity index (χ4v) is 3.31. The molecular weight excluding hydrogens is 346 g/mol. The lowest BCUT2D eigenvalue weighted by Gasteiger charge is -2.18. The third-order valence-corrected chi connectivity index (χ3v) is 4.51. The number of benzene rings is 2. The van der Waals surface area contributed by atoms with Crippen molar-refractivity contribution in [1.29, 1.82) is 0 Å². The molecule has 0 heterocycles. The molecule has 0 saturated carbocycles. The van der Waals surface area contributed by atoms with Gasteiger partial charge in [0.1, 0.15) is 0 Å². The highest BCUT2D eigenvalue weighted by Gasteiger charge is 2.12. The normalized spacial score (nSPS) is 12.4. The van der Waals surface area contributed by atoms with E-state index < -0.39 is 0 Å². The van der Waals surface area contributed by atoms with Gasteiger partial charge in [-0.05, 0) is 62.5 Å². The Morgan fingerprint density at radius 3 is 2.43 bits per heavy atom. The van der Waals surface area contributed by atoms with Gasteiger partial charge >= 0.3 is 0 Å². The Labute approximate surface area is 140 Å². The quantitative estimate of drug-likeness (QED) is 0.756. The Morgan fingerprint density at radius 2 is 1.81 bits per heavy atom. The van der Waals surface area contributed by atoms with Gasteiger partial charge in [0.25, 0.3) is 0 Å². The van der Waals surface area contributed by atoms with E-state index in [9.17, 15) is 0 Å². The minimum absolute atomic E-state index is 0.538. The lowest BCUT2D eigenvalue weighted by Crippen LogP contribution is -2.23. The van der Waals surface area contributed by atoms with Crippen LogP contribution < -0.4 is 5.32 Å². The van der Waals surface area contributed by atoms with Crippen molar-refractivity contribution in [1.82, 2.24) is 5.32 Å². The van der Waals surface area contributed by atoms with Crippen molar-refractivity contribution in [2.45, 2.75) is 19.8 Å². The van der Waals surface area contributed by atoms with Gasteiger partial charge in [-0.25, -0.2) is 0 Å². The van der Waals surface area contributed by atoms with Gasteiger partial charge in [-0.3, -0.25) is 0 Å². The van der Waals surface area contributed by atoms with Crippen molar-refractivity contribution in [3.05, 3.63) is 68.7 Å².